The van der Waals surface area contributed by atoms with E-state index in [9.17, 15) is 4.79 Å². The molecule has 0 saturated carbocycles. The summed E-state index contributed by atoms with van der Waals surface area (Å²) in [6.45, 7) is 12.9. The predicted molar refractivity (Wildman–Crippen MR) is 71.4 cm³/mol. The van der Waals surface area contributed by atoms with E-state index < -0.39 is 5.97 Å². The van der Waals surface area contributed by atoms with Gasteiger partial charge in [-0.2, -0.15) is 0 Å². The van der Waals surface area contributed by atoms with E-state index in [0.29, 0.717) is 0 Å². The maximum atomic E-state index is 10.4. The SMILES string of the molecule is CCN(CC)CCCN(CC)CCCC(=O)O. The molecule has 0 rings (SSSR count). The Hall–Kier alpha value is -0.610. The minimum atomic E-state index is -0.691. The minimum Gasteiger partial charge on any atom is -0.481 e. The molecule has 0 spiro atoms. The van der Waals surface area contributed by atoms with E-state index in [2.05, 4.69) is 30.6 Å². The molecular formula is C13H28N2O2. The average Bonchev–Trinajstić information content (AvgIpc) is 2.32. The summed E-state index contributed by atoms with van der Waals surface area (Å²) in [5, 5.41) is 8.59. The lowest BCUT2D eigenvalue weighted by Crippen LogP contribution is -2.30. The van der Waals surface area contributed by atoms with E-state index >= 15 is 0 Å². The van der Waals surface area contributed by atoms with Crippen molar-refractivity contribution in [1.82, 2.24) is 9.80 Å². The predicted octanol–water partition coefficient (Wildman–Crippen LogP) is 1.91. The highest BCUT2D eigenvalue weighted by atomic mass is 16.4. The van der Waals surface area contributed by atoms with E-state index in [1.165, 1.54) is 6.42 Å². The Balaban J connectivity index is 3.63. The van der Waals surface area contributed by atoms with Gasteiger partial charge in [0.1, 0.15) is 0 Å². The average molecular weight is 244 g/mol. The molecule has 0 amide bonds. The molecule has 0 unspecified atom stereocenters. The third-order valence-electron chi connectivity index (χ3n) is 3.16. The molecule has 0 fully saturated rings. The molecule has 0 saturated heterocycles. The Morgan fingerprint density at radius 3 is 1.82 bits per heavy atom. The smallest absolute Gasteiger partial charge is 0.303 e. The molecule has 4 nitrogen and oxygen atoms in total. The monoisotopic (exact) mass is 244 g/mol. The van der Waals surface area contributed by atoms with Gasteiger partial charge >= 0.3 is 5.97 Å². The van der Waals surface area contributed by atoms with E-state index in [1.54, 1.807) is 0 Å². The van der Waals surface area contributed by atoms with Gasteiger partial charge in [-0.05, 0) is 52.1 Å². The van der Waals surface area contributed by atoms with Crippen LogP contribution in [-0.2, 0) is 4.79 Å². The zero-order valence-corrected chi connectivity index (χ0v) is 11.6. The van der Waals surface area contributed by atoms with Gasteiger partial charge in [0.05, 0.1) is 0 Å². The molecule has 4 heteroatoms. The summed E-state index contributed by atoms with van der Waals surface area (Å²) < 4.78 is 0. The maximum Gasteiger partial charge on any atom is 0.303 e. The Bertz CT molecular complexity index is 194. The molecule has 0 aromatic heterocycles. The summed E-state index contributed by atoms with van der Waals surface area (Å²) in [6.07, 6.45) is 2.21. The van der Waals surface area contributed by atoms with Crippen molar-refractivity contribution in [2.75, 3.05) is 39.3 Å². The first kappa shape index (κ1) is 16.4. The standard InChI is InChI=1S/C13H28N2O2/c1-4-14(5-2)11-8-12-15(6-3)10-7-9-13(16)17/h4-12H2,1-3H3,(H,16,17). The molecule has 0 aliphatic carbocycles. The lowest BCUT2D eigenvalue weighted by atomic mass is 10.2. The van der Waals surface area contributed by atoms with Gasteiger partial charge < -0.3 is 14.9 Å². The van der Waals surface area contributed by atoms with Crippen LogP contribution in [0.15, 0.2) is 0 Å². The van der Waals surface area contributed by atoms with Crippen LogP contribution in [0.3, 0.4) is 0 Å². The summed E-state index contributed by atoms with van der Waals surface area (Å²) in [6, 6.07) is 0. The molecule has 0 aliphatic heterocycles. The Labute approximate surface area is 106 Å². The summed E-state index contributed by atoms with van der Waals surface area (Å²) in [5.74, 6) is -0.691. The molecule has 0 aliphatic rings. The van der Waals surface area contributed by atoms with Crippen molar-refractivity contribution in [3.8, 4) is 0 Å². The third kappa shape index (κ3) is 9.12. The van der Waals surface area contributed by atoms with Gasteiger partial charge in [-0.3, -0.25) is 4.79 Å². The molecule has 0 aromatic rings. The van der Waals surface area contributed by atoms with Crippen LogP contribution in [0, 0.1) is 0 Å². The van der Waals surface area contributed by atoms with Gasteiger partial charge in [-0.1, -0.05) is 20.8 Å². The second-order valence-corrected chi connectivity index (χ2v) is 4.31. The molecular weight excluding hydrogens is 216 g/mol. The van der Waals surface area contributed by atoms with Crippen LogP contribution in [0.4, 0.5) is 0 Å². The highest BCUT2D eigenvalue weighted by molar-refractivity contribution is 5.66. The van der Waals surface area contributed by atoms with Crippen LogP contribution < -0.4 is 0 Å². The first-order chi connectivity index (χ1) is 8.13. The number of carboxylic acid groups (broad SMARTS) is 1. The first-order valence-electron chi connectivity index (χ1n) is 6.80. The van der Waals surface area contributed by atoms with Crippen LogP contribution in [0.2, 0.25) is 0 Å². The van der Waals surface area contributed by atoms with Gasteiger partial charge in [-0.15, -0.1) is 0 Å². The largest absolute Gasteiger partial charge is 0.481 e. The van der Waals surface area contributed by atoms with Crippen molar-refractivity contribution in [3.63, 3.8) is 0 Å². The van der Waals surface area contributed by atoms with E-state index in [4.69, 9.17) is 5.11 Å². The van der Waals surface area contributed by atoms with Gasteiger partial charge in [0, 0.05) is 6.42 Å². The second-order valence-electron chi connectivity index (χ2n) is 4.31. The number of rotatable bonds is 11. The van der Waals surface area contributed by atoms with Crippen molar-refractivity contribution in [2.45, 2.75) is 40.0 Å². The van der Waals surface area contributed by atoms with Crippen LogP contribution in [0.25, 0.3) is 0 Å². The molecule has 0 bridgehead atoms. The summed E-state index contributed by atoms with van der Waals surface area (Å²) in [5.41, 5.74) is 0. The molecule has 0 heterocycles. The lowest BCUT2D eigenvalue weighted by molar-refractivity contribution is -0.137. The number of carboxylic acids is 1. The molecule has 0 atom stereocenters. The minimum absolute atomic E-state index is 0.284. The highest BCUT2D eigenvalue weighted by Gasteiger charge is 2.05. The number of carbonyl (C=O) groups is 1. The molecule has 0 aromatic carbocycles. The van der Waals surface area contributed by atoms with Gasteiger partial charge in [0.25, 0.3) is 0 Å². The van der Waals surface area contributed by atoms with Gasteiger partial charge in [0.15, 0.2) is 0 Å². The van der Waals surface area contributed by atoms with Crippen LogP contribution in [-0.4, -0.2) is 60.1 Å². The van der Waals surface area contributed by atoms with E-state index in [-0.39, 0.29) is 6.42 Å². The van der Waals surface area contributed by atoms with Crippen molar-refractivity contribution < 1.29 is 9.90 Å². The lowest BCUT2D eigenvalue weighted by Gasteiger charge is -2.23. The summed E-state index contributed by atoms with van der Waals surface area (Å²) >= 11 is 0. The van der Waals surface area contributed by atoms with Crippen LogP contribution >= 0.6 is 0 Å². The van der Waals surface area contributed by atoms with Gasteiger partial charge in [0.2, 0.25) is 0 Å². The summed E-state index contributed by atoms with van der Waals surface area (Å²) in [7, 11) is 0. The Kier molecular flexibility index (Phi) is 10.2. The molecule has 0 radical (unpaired) electrons. The van der Waals surface area contributed by atoms with Gasteiger partial charge in [-0.25, -0.2) is 0 Å². The Morgan fingerprint density at radius 1 is 0.882 bits per heavy atom. The quantitative estimate of drug-likeness (QED) is 0.603. The zero-order valence-electron chi connectivity index (χ0n) is 11.6. The Morgan fingerprint density at radius 2 is 1.35 bits per heavy atom. The van der Waals surface area contributed by atoms with E-state index in [1.807, 2.05) is 0 Å². The fraction of sp³-hybridized carbons (Fsp3) is 0.923. The first-order valence-corrected chi connectivity index (χ1v) is 6.80. The molecule has 102 valence electrons. The maximum absolute atomic E-state index is 10.4. The van der Waals surface area contributed by atoms with Crippen molar-refractivity contribution in [1.29, 1.82) is 0 Å². The molecule has 1 N–H and O–H groups in total. The zero-order chi connectivity index (χ0) is 13.1. The van der Waals surface area contributed by atoms with Crippen LogP contribution in [0.5, 0.6) is 0 Å². The fourth-order valence-corrected chi connectivity index (χ4v) is 1.94. The molecule has 17 heavy (non-hydrogen) atoms. The number of aliphatic carboxylic acids is 1. The normalized spacial score (nSPS) is 11.4. The van der Waals surface area contributed by atoms with Crippen LogP contribution in [0.1, 0.15) is 40.0 Å². The number of hydrogen-bond donors (Lipinski definition) is 1. The highest BCUT2D eigenvalue weighted by Crippen LogP contribution is 1.99. The van der Waals surface area contributed by atoms with E-state index in [0.717, 1.165) is 45.7 Å². The third-order valence-corrected chi connectivity index (χ3v) is 3.16. The van der Waals surface area contributed by atoms with Crippen molar-refractivity contribution in [3.05, 3.63) is 0 Å². The summed E-state index contributed by atoms with van der Waals surface area (Å²) in [4.78, 5) is 15.2. The number of nitrogens with zero attached hydrogens (tertiary/aromatic N) is 2. The fourth-order valence-electron chi connectivity index (χ4n) is 1.94. The second kappa shape index (κ2) is 10.5. The van der Waals surface area contributed by atoms with Crippen molar-refractivity contribution >= 4 is 5.97 Å². The number of hydrogen-bond acceptors (Lipinski definition) is 3. The van der Waals surface area contributed by atoms with Crippen molar-refractivity contribution in [2.24, 2.45) is 0 Å². The topological polar surface area (TPSA) is 43.8 Å².